The standard InChI is InChI=1S/C18H18N2O6S/c1-3-9-19(15-5-4-6-16(13(15)2)20(21)22)27(23,24)14-7-8-17-18(12-14)26-11-10-25-17/h3-8,12H,1,9-11H2,2H3. The highest BCUT2D eigenvalue weighted by Gasteiger charge is 2.29. The lowest BCUT2D eigenvalue weighted by atomic mass is 10.1. The summed E-state index contributed by atoms with van der Waals surface area (Å²) in [5.74, 6) is 0.818. The third-order valence-electron chi connectivity index (χ3n) is 4.14. The van der Waals surface area contributed by atoms with Gasteiger partial charge >= 0.3 is 0 Å². The molecule has 3 rings (SSSR count). The van der Waals surface area contributed by atoms with E-state index in [1.165, 1.54) is 49.4 Å². The van der Waals surface area contributed by atoms with Gasteiger partial charge in [0.25, 0.3) is 15.7 Å². The minimum absolute atomic E-state index is 0.000457. The molecule has 0 radical (unpaired) electrons. The van der Waals surface area contributed by atoms with Crippen molar-refractivity contribution in [3.05, 3.63) is 64.7 Å². The van der Waals surface area contributed by atoms with Crippen LogP contribution in [0.5, 0.6) is 11.5 Å². The number of anilines is 1. The Kier molecular flexibility index (Phi) is 5.04. The number of benzene rings is 2. The van der Waals surface area contributed by atoms with Gasteiger partial charge in [0.05, 0.1) is 27.6 Å². The highest BCUT2D eigenvalue weighted by atomic mass is 32.2. The molecule has 0 unspecified atom stereocenters. The van der Waals surface area contributed by atoms with Gasteiger partial charge in [-0.05, 0) is 25.1 Å². The molecule has 0 aliphatic carbocycles. The predicted molar refractivity (Wildman–Crippen MR) is 100.0 cm³/mol. The first-order valence-corrected chi connectivity index (χ1v) is 9.57. The van der Waals surface area contributed by atoms with E-state index in [1.807, 2.05) is 0 Å². The first-order valence-electron chi connectivity index (χ1n) is 8.13. The van der Waals surface area contributed by atoms with E-state index in [2.05, 4.69) is 6.58 Å². The molecule has 0 amide bonds. The van der Waals surface area contributed by atoms with Crippen molar-refractivity contribution in [1.29, 1.82) is 0 Å². The lowest BCUT2D eigenvalue weighted by molar-refractivity contribution is -0.385. The van der Waals surface area contributed by atoms with Gasteiger partial charge in [0.2, 0.25) is 0 Å². The number of nitro groups is 1. The lowest BCUT2D eigenvalue weighted by Crippen LogP contribution is -2.32. The second kappa shape index (κ2) is 7.28. The van der Waals surface area contributed by atoms with E-state index >= 15 is 0 Å². The Morgan fingerprint density at radius 3 is 2.59 bits per heavy atom. The topological polar surface area (TPSA) is 99.0 Å². The van der Waals surface area contributed by atoms with Crippen LogP contribution in [0.25, 0.3) is 0 Å². The van der Waals surface area contributed by atoms with Crippen LogP contribution in [0.1, 0.15) is 5.56 Å². The third kappa shape index (κ3) is 3.45. The Morgan fingerprint density at radius 1 is 1.22 bits per heavy atom. The number of sulfonamides is 1. The summed E-state index contributed by atoms with van der Waals surface area (Å²) < 4.78 is 38.5. The van der Waals surface area contributed by atoms with Crippen LogP contribution >= 0.6 is 0 Å². The van der Waals surface area contributed by atoms with Crippen molar-refractivity contribution < 1.29 is 22.8 Å². The first kappa shape index (κ1) is 18.7. The molecule has 0 saturated carbocycles. The predicted octanol–water partition coefficient (Wildman–Crippen LogP) is 3.06. The molecule has 9 heteroatoms. The molecular formula is C18H18N2O6S. The van der Waals surface area contributed by atoms with Gasteiger partial charge in [-0.25, -0.2) is 8.42 Å². The summed E-state index contributed by atoms with van der Waals surface area (Å²) in [5, 5.41) is 11.2. The summed E-state index contributed by atoms with van der Waals surface area (Å²) in [6.45, 7) is 5.81. The second-order valence-corrected chi connectivity index (χ2v) is 7.67. The molecule has 0 spiro atoms. The van der Waals surface area contributed by atoms with Gasteiger partial charge in [0.15, 0.2) is 11.5 Å². The van der Waals surface area contributed by atoms with E-state index in [9.17, 15) is 18.5 Å². The molecule has 0 atom stereocenters. The maximum atomic E-state index is 13.3. The fourth-order valence-corrected chi connectivity index (χ4v) is 4.34. The average Bonchev–Trinajstić information content (AvgIpc) is 2.66. The van der Waals surface area contributed by atoms with E-state index in [-0.39, 0.29) is 28.4 Å². The van der Waals surface area contributed by atoms with Crippen molar-refractivity contribution in [2.24, 2.45) is 0 Å². The molecule has 142 valence electrons. The summed E-state index contributed by atoms with van der Waals surface area (Å²) in [6.07, 6.45) is 1.42. The van der Waals surface area contributed by atoms with E-state index in [4.69, 9.17) is 9.47 Å². The molecule has 27 heavy (non-hydrogen) atoms. The molecule has 1 heterocycles. The van der Waals surface area contributed by atoms with Crippen LogP contribution in [-0.4, -0.2) is 33.1 Å². The van der Waals surface area contributed by atoms with Crippen molar-refractivity contribution in [2.75, 3.05) is 24.1 Å². The molecule has 0 saturated heterocycles. The molecule has 2 aromatic rings. The summed E-state index contributed by atoms with van der Waals surface area (Å²) >= 11 is 0. The van der Waals surface area contributed by atoms with E-state index in [0.29, 0.717) is 24.7 Å². The van der Waals surface area contributed by atoms with E-state index in [1.54, 1.807) is 0 Å². The molecule has 2 aromatic carbocycles. The largest absolute Gasteiger partial charge is 0.486 e. The molecule has 0 bridgehead atoms. The van der Waals surface area contributed by atoms with Gasteiger partial charge < -0.3 is 9.47 Å². The summed E-state index contributed by atoms with van der Waals surface area (Å²) in [5.41, 5.74) is 0.323. The molecule has 0 N–H and O–H groups in total. The van der Waals surface area contributed by atoms with Crippen LogP contribution in [0.3, 0.4) is 0 Å². The number of fused-ring (bicyclic) bond motifs is 1. The monoisotopic (exact) mass is 390 g/mol. The average molecular weight is 390 g/mol. The minimum atomic E-state index is -4.01. The molecule has 1 aliphatic rings. The van der Waals surface area contributed by atoms with Gasteiger partial charge in [0, 0.05) is 12.1 Å². The highest BCUT2D eigenvalue weighted by Crippen LogP contribution is 2.36. The molecule has 0 aromatic heterocycles. The maximum absolute atomic E-state index is 13.3. The molecular weight excluding hydrogens is 372 g/mol. The van der Waals surface area contributed by atoms with Gasteiger partial charge in [0.1, 0.15) is 13.2 Å². The van der Waals surface area contributed by atoms with Crippen molar-refractivity contribution in [3.63, 3.8) is 0 Å². The summed E-state index contributed by atoms with van der Waals surface area (Å²) in [7, 11) is -4.01. The van der Waals surface area contributed by atoms with E-state index in [0.717, 1.165) is 4.31 Å². The smallest absolute Gasteiger partial charge is 0.274 e. The van der Waals surface area contributed by atoms with Crippen molar-refractivity contribution in [3.8, 4) is 11.5 Å². The number of hydrogen-bond acceptors (Lipinski definition) is 6. The minimum Gasteiger partial charge on any atom is -0.486 e. The fraction of sp³-hybridized carbons (Fsp3) is 0.222. The Hall–Kier alpha value is -3.07. The highest BCUT2D eigenvalue weighted by molar-refractivity contribution is 7.92. The van der Waals surface area contributed by atoms with E-state index < -0.39 is 14.9 Å². The molecule has 1 aliphatic heterocycles. The Morgan fingerprint density at radius 2 is 1.93 bits per heavy atom. The lowest BCUT2D eigenvalue weighted by Gasteiger charge is -2.25. The maximum Gasteiger partial charge on any atom is 0.274 e. The third-order valence-corrected chi connectivity index (χ3v) is 5.91. The zero-order chi connectivity index (χ0) is 19.6. The Bertz CT molecular complexity index is 1000. The van der Waals surface area contributed by atoms with Gasteiger partial charge in [-0.2, -0.15) is 0 Å². The SMILES string of the molecule is C=CCN(c1cccc([N+](=O)[O-])c1C)S(=O)(=O)c1ccc2c(c1)OCCO2. The second-order valence-electron chi connectivity index (χ2n) is 5.81. The van der Waals surface area contributed by atoms with Gasteiger partial charge in [-0.1, -0.05) is 12.1 Å². The number of hydrogen-bond donors (Lipinski definition) is 0. The van der Waals surface area contributed by atoms with Crippen LogP contribution in [0.2, 0.25) is 0 Å². The zero-order valence-electron chi connectivity index (χ0n) is 14.6. The van der Waals surface area contributed by atoms with Crippen LogP contribution in [0.4, 0.5) is 11.4 Å². The normalized spacial score (nSPS) is 13.1. The van der Waals surface area contributed by atoms with Crippen LogP contribution in [0.15, 0.2) is 53.9 Å². The van der Waals surface area contributed by atoms with Gasteiger partial charge in [-0.3, -0.25) is 14.4 Å². The molecule has 0 fully saturated rings. The van der Waals surface area contributed by atoms with Crippen LogP contribution in [0, 0.1) is 17.0 Å². The number of nitro benzene ring substituents is 1. The van der Waals surface area contributed by atoms with Crippen LogP contribution < -0.4 is 13.8 Å². The quantitative estimate of drug-likeness (QED) is 0.427. The van der Waals surface area contributed by atoms with Crippen molar-refractivity contribution in [1.82, 2.24) is 0 Å². The Balaban J connectivity index is 2.11. The summed E-state index contributed by atoms with van der Waals surface area (Å²) in [4.78, 5) is 10.7. The van der Waals surface area contributed by atoms with Crippen LogP contribution in [-0.2, 0) is 10.0 Å². The fourth-order valence-electron chi connectivity index (χ4n) is 2.83. The van der Waals surface area contributed by atoms with Crippen molar-refractivity contribution in [2.45, 2.75) is 11.8 Å². The number of nitrogens with zero attached hydrogens (tertiary/aromatic N) is 2. The van der Waals surface area contributed by atoms with Gasteiger partial charge in [-0.15, -0.1) is 6.58 Å². The summed E-state index contributed by atoms with van der Waals surface area (Å²) in [6, 6.07) is 8.67. The zero-order valence-corrected chi connectivity index (χ0v) is 15.4. The molecule has 8 nitrogen and oxygen atoms in total. The Labute approximate surface area is 156 Å². The van der Waals surface area contributed by atoms with Crippen molar-refractivity contribution >= 4 is 21.4 Å². The number of ether oxygens (including phenoxy) is 2. The first-order chi connectivity index (χ1) is 12.9. The number of rotatable bonds is 6.